The van der Waals surface area contributed by atoms with Crippen LogP contribution in [0.1, 0.15) is 43.2 Å². The molecule has 1 aromatic heterocycles. The Hall–Kier alpha value is -2.32. The summed E-state index contributed by atoms with van der Waals surface area (Å²) in [5, 5.41) is 10.1. The predicted octanol–water partition coefficient (Wildman–Crippen LogP) is 2.62. The van der Waals surface area contributed by atoms with Gasteiger partial charge in [-0.05, 0) is 32.3 Å². The Morgan fingerprint density at radius 1 is 1.31 bits per heavy atom. The number of thioether (sulfide) groups is 1. The molecule has 0 aliphatic rings. The van der Waals surface area contributed by atoms with Crippen LogP contribution in [0.15, 0.2) is 46.1 Å². The first-order valence-electron chi connectivity index (χ1n) is 9.47. The van der Waals surface area contributed by atoms with Crippen LogP contribution in [-0.2, 0) is 15.3 Å². The molecule has 2 N–H and O–H groups in total. The topological polar surface area (TPSA) is 101 Å². The quantitative estimate of drug-likeness (QED) is 0.605. The Kier molecular flexibility index (Phi) is 7.87. The number of ether oxygens (including phenoxy) is 1. The third-order valence-corrected chi connectivity index (χ3v) is 6.39. The van der Waals surface area contributed by atoms with Crippen LogP contribution in [0.4, 0.5) is 0 Å². The number of aromatic nitrogens is 2. The minimum atomic E-state index is -1.21. The summed E-state index contributed by atoms with van der Waals surface area (Å²) in [5.74, 6) is 0.0571. The van der Waals surface area contributed by atoms with Crippen LogP contribution in [0.25, 0.3) is 0 Å². The van der Waals surface area contributed by atoms with E-state index in [9.17, 15) is 19.5 Å². The third kappa shape index (κ3) is 5.39. The van der Waals surface area contributed by atoms with Crippen molar-refractivity contribution in [3.8, 4) is 0 Å². The zero-order valence-electron chi connectivity index (χ0n) is 17.2. The highest BCUT2D eigenvalue weighted by molar-refractivity contribution is 7.98. The van der Waals surface area contributed by atoms with Crippen molar-refractivity contribution in [2.45, 2.75) is 50.8 Å². The van der Waals surface area contributed by atoms with E-state index in [1.54, 1.807) is 20.8 Å². The van der Waals surface area contributed by atoms with Gasteiger partial charge in [0.2, 0.25) is 0 Å². The molecule has 2 unspecified atom stereocenters. The van der Waals surface area contributed by atoms with Crippen LogP contribution < -0.4 is 11.2 Å². The zero-order chi connectivity index (χ0) is 21.6. The molecule has 0 aliphatic carbocycles. The summed E-state index contributed by atoms with van der Waals surface area (Å²) in [6, 6.07) is 9.74. The normalized spacial score (nSPS) is 15.3. The summed E-state index contributed by atoms with van der Waals surface area (Å²) in [6.07, 6.45) is 1.09. The molecule has 2 aromatic rings. The summed E-state index contributed by atoms with van der Waals surface area (Å²) in [6.45, 7) is 5.05. The Morgan fingerprint density at radius 3 is 2.55 bits per heavy atom. The van der Waals surface area contributed by atoms with Crippen LogP contribution in [0.2, 0.25) is 0 Å². The van der Waals surface area contributed by atoms with Gasteiger partial charge in [-0.1, -0.05) is 37.3 Å². The fraction of sp³-hybridized carbons (Fsp3) is 0.476. The maximum absolute atomic E-state index is 12.5. The molecule has 7 nitrogen and oxygen atoms in total. The second kappa shape index (κ2) is 9.93. The van der Waals surface area contributed by atoms with Gasteiger partial charge in [-0.15, -0.1) is 11.8 Å². The average molecular weight is 421 g/mol. The maximum Gasteiger partial charge on any atom is 0.329 e. The number of aryl methyl sites for hydroxylation is 1. The van der Waals surface area contributed by atoms with Crippen molar-refractivity contribution in [1.29, 1.82) is 0 Å². The Bertz CT molecular complexity index is 940. The Labute approximate surface area is 174 Å². The second-order valence-corrected chi connectivity index (χ2v) is 8.43. The lowest BCUT2D eigenvalue weighted by Crippen LogP contribution is -2.43. The number of aliphatic hydroxyl groups excluding tert-OH is 1. The number of hydrogen-bond donors (Lipinski definition) is 2. The van der Waals surface area contributed by atoms with Crippen molar-refractivity contribution < 1.29 is 14.6 Å². The number of esters is 1. The number of carbonyl (C=O) groups is 1. The zero-order valence-corrected chi connectivity index (χ0v) is 18.0. The highest BCUT2D eigenvalue weighted by Gasteiger charge is 2.43. The standard InChI is InChI=1S/C21H28N2O5S/c1-5-16(24)21(3,19(26)28-4)11-17(29-13-15-9-7-6-8-10-15)23-12-14(2)18(25)22-20(23)27/h6-10,12,16-17,24H,5,11,13H2,1-4H3,(H,22,25,27)/t16?,17-,21?/m0/s1. The van der Waals surface area contributed by atoms with E-state index in [1.165, 1.54) is 29.6 Å². The number of H-pyrrole nitrogens is 1. The first-order valence-corrected chi connectivity index (χ1v) is 10.5. The summed E-state index contributed by atoms with van der Waals surface area (Å²) >= 11 is 1.46. The first kappa shape index (κ1) is 23.0. The SMILES string of the molecule is CCC(O)C(C)(C[C@H](SCc1ccccc1)n1cc(C)c(=O)[nH]c1=O)C(=O)OC. The number of methoxy groups -OCH3 is 1. The van der Waals surface area contributed by atoms with E-state index in [1.807, 2.05) is 30.3 Å². The van der Waals surface area contributed by atoms with Gasteiger partial charge in [0, 0.05) is 17.5 Å². The lowest BCUT2D eigenvalue weighted by molar-refractivity contribution is -0.160. The van der Waals surface area contributed by atoms with Crippen molar-refractivity contribution in [1.82, 2.24) is 9.55 Å². The highest BCUT2D eigenvalue weighted by Crippen LogP contribution is 2.40. The van der Waals surface area contributed by atoms with Crippen LogP contribution in [0.5, 0.6) is 0 Å². The minimum Gasteiger partial charge on any atom is -0.469 e. The number of nitrogens with zero attached hydrogens (tertiary/aromatic N) is 1. The maximum atomic E-state index is 12.5. The van der Waals surface area contributed by atoms with E-state index >= 15 is 0 Å². The van der Waals surface area contributed by atoms with Crippen molar-refractivity contribution >= 4 is 17.7 Å². The van der Waals surface area contributed by atoms with Crippen molar-refractivity contribution in [2.24, 2.45) is 5.41 Å². The van der Waals surface area contributed by atoms with Crippen LogP contribution in [0, 0.1) is 12.3 Å². The average Bonchev–Trinajstić information content (AvgIpc) is 2.73. The number of hydrogen-bond acceptors (Lipinski definition) is 6. The van der Waals surface area contributed by atoms with E-state index in [2.05, 4.69) is 4.98 Å². The molecule has 3 atom stereocenters. The van der Waals surface area contributed by atoms with Crippen LogP contribution in [-0.4, -0.2) is 33.8 Å². The lowest BCUT2D eigenvalue weighted by Gasteiger charge is -2.34. The molecule has 0 radical (unpaired) electrons. The molecule has 0 amide bonds. The minimum absolute atomic E-state index is 0.164. The molecule has 8 heteroatoms. The number of benzene rings is 1. The summed E-state index contributed by atoms with van der Waals surface area (Å²) in [4.78, 5) is 39.2. The first-order chi connectivity index (χ1) is 13.7. The fourth-order valence-electron chi connectivity index (χ4n) is 3.21. The molecule has 1 heterocycles. The largest absolute Gasteiger partial charge is 0.469 e. The Balaban J connectivity index is 2.45. The molecule has 0 aliphatic heterocycles. The molecular formula is C21H28N2O5S. The van der Waals surface area contributed by atoms with E-state index in [-0.39, 0.29) is 6.42 Å². The van der Waals surface area contributed by atoms with Gasteiger partial charge in [0.15, 0.2) is 0 Å². The third-order valence-electron chi connectivity index (χ3n) is 5.11. The molecule has 0 spiro atoms. The van der Waals surface area contributed by atoms with Gasteiger partial charge in [0.05, 0.1) is 24.0 Å². The molecule has 0 fully saturated rings. The van der Waals surface area contributed by atoms with Gasteiger partial charge in [-0.3, -0.25) is 19.1 Å². The molecule has 0 saturated carbocycles. The van der Waals surface area contributed by atoms with E-state index in [0.29, 0.717) is 17.7 Å². The van der Waals surface area contributed by atoms with E-state index < -0.39 is 34.1 Å². The molecular weight excluding hydrogens is 392 g/mol. The number of nitrogens with one attached hydrogen (secondary N) is 1. The monoisotopic (exact) mass is 420 g/mol. The van der Waals surface area contributed by atoms with Crippen LogP contribution in [0.3, 0.4) is 0 Å². The number of aromatic amines is 1. The molecule has 29 heavy (non-hydrogen) atoms. The smallest absolute Gasteiger partial charge is 0.329 e. The van der Waals surface area contributed by atoms with Crippen molar-refractivity contribution in [3.05, 3.63) is 68.5 Å². The fourth-order valence-corrected chi connectivity index (χ4v) is 4.56. The van der Waals surface area contributed by atoms with Gasteiger partial charge in [-0.2, -0.15) is 0 Å². The number of carbonyl (C=O) groups excluding carboxylic acids is 1. The molecule has 2 rings (SSSR count). The summed E-state index contributed by atoms with van der Waals surface area (Å²) in [7, 11) is 1.28. The Morgan fingerprint density at radius 2 is 1.97 bits per heavy atom. The molecule has 0 saturated heterocycles. The number of aliphatic hydroxyl groups is 1. The van der Waals surface area contributed by atoms with Gasteiger partial charge < -0.3 is 9.84 Å². The molecule has 158 valence electrons. The van der Waals surface area contributed by atoms with Gasteiger partial charge in [0.25, 0.3) is 5.56 Å². The summed E-state index contributed by atoms with van der Waals surface area (Å²) < 4.78 is 6.38. The summed E-state index contributed by atoms with van der Waals surface area (Å²) in [5.41, 5.74) is -0.744. The molecule has 1 aromatic carbocycles. The van der Waals surface area contributed by atoms with Crippen molar-refractivity contribution in [2.75, 3.05) is 7.11 Å². The second-order valence-electron chi connectivity index (χ2n) is 7.27. The van der Waals surface area contributed by atoms with Crippen molar-refractivity contribution in [3.63, 3.8) is 0 Å². The van der Waals surface area contributed by atoms with Gasteiger partial charge in [-0.25, -0.2) is 4.79 Å². The predicted molar refractivity (Wildman–Crippen MR) is 114 cm³/mol. The molecule has 0 bridgehead atoms. The van der Waals surface area contributed by atoms with E-state index in [4.69, 9.17) is 4.74 Å². The number of rotatable bonds is 9. The highest BCUT2D eigenvalue weighted by atomic mass is 32.2. The van der Waals surface area contributed by atoms with Crippen LogP contribution >= 0.6 is 11.8 Å². The lowest BCUT2D eigenvalue weighted by atomic mass is 9.79. The van der Waals surface area contributed by atoms with E-state index in [0.717, 1.165) is 5.56 Å². The van der Waals surface area contributed by atoms with Gasteiger partial charge >= 0.3 is 11.7 Å². The van der Waals surface area contributed by atoms with Gasteiger partial charge in [0.1, 0.15) is 0 Å².